The van der Waals surface area contributed by atoms with Gasteiger partial charge in [0.25, 0.3) is 0 Å². The van der Waals surface area contributed by atoms with E-state index in [0.717, 1.165) is 17.3 Å². The van der Waals surface area contributed by atoms with Crippen molar-refractivity contribution in [3.63, 3.8) is 0 Å². The first-order chi connectivity index (χ1) is 9.24. The molecule has 0 aliphatic rings. The first-order valence-corrected chi connectivity index (χ1v) is 6.99. The van der Waals surface area contributed by atoms with E-state index in [9.17, 15) is 4.79 Å². The van der Waals surface area contributed by atoms with E-state index < -0.39 is 0 Å². The molecular weight excluding hydrogens is 304 g/mol. The molecule has 0 spiro atoms. The average Bonchev–Trinajstić information content (AvgIpc) is 2.43. The number of benzene rings is 1. The first-order valence-electron chi connectivity index (χ1n) is 6.19. The number of pyridine rings is 1. The molecule has 0 radical (unpaired) electrons. The van der Waals surface area contributed by atoms with Crippen molar-refractivity contribution in [3.05, 3.63) is 58.7 Å². The summed E-state index contributed by atoms with van der Waals surface area (Å²) < 4.78 is 0.898. The zero-order valence-corrected chi connectivity index (χ0v) is 12.1. The third kappa shape index (κ3) is 4.83. The zero-order valence-electron chi connectivity index (χ0n) is 10.5. The molecule has 1 aromatic carbocycles. The minimum absolute atomic E-state index is 0.00533. The van der Waals surface area contributed by atoms with Crippen LogP contribution in [0.2, 0.25) is 0 Å². The molecule has 1 N–H and O–H groups in total. The van der Waals surface area contributed by atoms with E-state index >= 15 is 0 Å². The Kier molecular flexibility index (Phi) is 5.10. The fourth-order valence-electron chi connectivity index (χ4n) is 1.75. The van der Waals surface area contributed by atoms with Crippen LogP contribution in [0.1, 0.15) is 18.4 Å². The summed E-state index contributed by atoms with van der Waals surface area (Å²) in [5.74, 6) is 0.596. The SMILES string of the molecule is O=C(CCCc1ccccc1)Nc1ccc(Br)cn1. The quantitative estimate of drug-likeness (QED) is 0.911. The molecular formula is C15H15BrN2O. The Morgan fingerprint density at radius 3 is 2.63 bits per heavy atom. The Hall–Kier alpha value is -1.68. The number of carbonyl (C=O) groups excluding carboxylic acids is 1. The van der Waals surface area contributed by atoms with Gasteiger partial charge in [-0.3, -0.25) is 4.79 Å². The lowest BCUT2D eigenvalue weighted by Gasteiger charge is -2.04. The van der Waals surface area contributed by atoms with Crippen LogP contribution in [0, 0.1) is 0 Å². The van der Waals surface area contributed by atoms with E-state index in [2.05, 4.69) is 38.4 Å². The van der Waals surface area contributed by atoms with Gasteiger partial charge in [0.15, 0.2) is 0 Å². The molecule has 0 unspecified atom stereocenters. The molecule has 0 saturated carbocycles. The maximum atomic E-state index is 11.7. The van der Waals surface area contributed by atoms with Crippen LogP contribution in [0.3, 0.4) is 0 Å². The van der Waals surface area contributed by atoms with E-state index in [1.165, 1.54) is 5.56 Å². The van der Waals surface area contributed by atoms with Gasteiger partial charge in [0, 0.05) is 17.1 Å². The molecule has 0 fully saturated rings. The fraction of sp³-hybridized carbons (Fsp3) is 0.200. The number of nitrogens with one attached hydrogen (secondary N) is 1. The standard InChI is InChI=1S/C15H15BrN2O/c16-13-9-10-14(17-11-13)18-15(19)8-4-7-12-5-2-1-3-6-12/h1-3,5-6,9-11H,4,7-8H2,(H,17,18,19). The van der Waals surface area contributed by atoms with Crippen LogP contribution >= 0.6 is 15.9 Å². The highest BCUT2D eigenvalue weighted by Crippen LogP contribution is 2.11. The van der Waals surface area contributed by atoms with Gasteiger partial charge in [-0.25, -0.2) is 4.98 Å². The molecule has 1 amide bonds. The molecule has 3 nitrogen and oxygen atoms in total. The van der Waals surface area contributed by atoms with Crippen LogP contribution in [0.5, 0.6) is 0 Å². The van der Waals surface area contributed by atoms with Crippen molar-refractivity contribution in [2.45, 2.75) is 19.3 Å². The fourth-order valence-corrected chi connectivity index (χ4v) is 1.99. The smallest absolute Gasteiger partial charge is 0.225 e. The van der Waals surface area contributed by atoms with Crippen molar-refractivity contribution >= 4 is 27.7 Å². The monoisotopic (exact) mass is 318 g/mol. The summed E-state index contributed by atoms with van der Waals surface area (Å²) in [7, 11) is 0. The average molecular weight is 319 g/mol. The topological polar surface area (TPSA) is 42.0 Å². The van der Waals surface area contributed by atoms with Gasteiger partial charge in [0.2, 0.25) is 5.91 Å². The van der Waals surface area contributed by atoms with Crippen LogP contribution in [0.4, 0.5) is 5.82 Å². The predicted molar refractivity (Wildman–Crippen MR) is 79.9 cm³/mol. The highest BCUT2D eigenvalue weighted by Gasteiger charge is 2.03. The Morgan fingerprint density at radius 2 is 1.95 bits per heavy atom. The normalized spacial score (nSPS) is 10.2. The van der Waals surface area contributed by atoms with Gasteiger partial charge in [-0.2, -0.15) is 0 Å². The second kappa shape index (κ2) is 7.04. The van der Waals surface area contributed by atoms with Crippen molar-refractivity contribution in [3.8, 4) is 0 Å². The molecule has 0 atom stereocenters. The van der Waals surface area contributed by atoms with Gasteiger partial charge < -0.3 is 5.32 Å². The number of anilines is 1. The largest absolute Gasteiger partial charge is 0.311 e. The summed E-state index contributed by atoms with van der Waals surface area (Å²) in [6.07, 6.45) is 3.93. The molecule has 1 aromatic heterocycles. The molecule has 2 aromatic rings. The van der Waals surface area contributed by atoms with E-state index in [0.29, 0.717) is 12.2 Å². The number of nitrogens with zero attached hydrogens (tertiary/aromatic N) is 1. The summed E-state index contributed by atoms with van der Waals surface area (Å²) in [5.41, 5.74) is 1.26. The van der Waals surface area contributed by atoms with Gasteiger partial charge in [-0.1, -0.05) is 30.3 Å². The van der Waals surface area contributed by atoms with Gasteiger partial charge in [-0.05, 0) is 46.5 Å². The molecule has 19 heavy (non-hydrogen) atoms. The number of rotatable bonds is 5. The lowest BCUT2D eigenvalue weighted by atomic mass is 10.1. The summed E-state index contributed by atoms with van der Waals surface area (Å²) in [6, 6.07) is 13.8. The summed E-state index contributed by atoms with van der Waals surface area (Å²) in [4.78, 5) is 15.8. The van der Waals surface area contributed by atoms with Gasteiger partial charge in [0.1, 0.15) is 5.82 Å². The molecule has 0 aliphatic heterocycles. The molecule has 0 aliphatic carbocycles. The number of halogens is 1. The van der Waals surface area contributed by atoms with Crippen molar-refractivity contribution in [1.82, 2.24) is 4.98 Å². The van der Waals surface area contributed by atoms with E-state index in [-0.39, 0.29) is 5.91 Å². The molecule has 0 bridgehead atoms. The number of amides is 1. The van der Waals surface area contributed by atoms with Gasteiger partial charge in [0.05, 0.1) is 0 Å². The Morgan fingerprint density at radius 1 is 1.16 bits per heavy atom. The third-order valence-corrected chi connectivity index (χ3v) is 3.18. The minimum atomic E-state index is 0.00533. The van der Waals surface area contributed by atoms with E-state index in [1.54, 1.807) is 12.3 Å². The Labute approximate surface area is 121 Å². The number of carbonyl (C=O) groups is 1. The van der Waals surface area contributed by atoms with E-state index in [1.807, 2.05) is 24.3 Å². The number of hydrogen-bond donors (Lipinski definition) is 1. The van der Waals surface area contributed by atoms with E-state index in [4.69, 9.17) is 0 Å². The molecule has 0 saturated heterocycles. The Bertz CT molecular complexity index is 526. The number of hydrogen-bond acceptors (Lipinski definition) is 2. The van der Waals surface area contributed by atoms with Crippen LogP contribution < -0.4 is 5.32 Å². The second-order valence-electron chi connectivity index (χ2n) is 4.25. The van der Waals surface area contributed by atoms with Crippen LogP contribution in [0.25, 0.3) is 0 Å². The lowest BCUT2D eigenvalue weighted by Crippen LogP contribution is -2.12. The molecule has 1 heterocycles. The molecule has 2 rings (SSSR count). The lowest BCUT2D eigenvalue weighted by molar-refractivity contribution is -0.116. The maximum absolute atomic E-state index is 11.7. The van der Waals surface area contributed by atoms with Crippen molar-refractivity contribution in [1.29, 1.82) is 0 Å². The zero-order chi connectivity index (χ0) is 13.5. The predicted octanol–water partition coefficient (Wildman–Crippen LogP) is 3.81. The summed E-state index contributed by atoms with van der Waals surface area (Å²) in [6.45, 7) is 0. The van der Waals surface area contributed by atoms with Gasteiger partial charge >= 0.3 is 0 Å². The minimum Gasteiger partial charge on any atom is -0.311 e. The van der Waals surface area contributed by atoms with Crippen LogP contribution in [-0.4, -0.2) is 10.9 Å². The number of aromatic nitrogens is 1. The van der Waals surface area contributed by atoms with Crippen LogP contribution in [0.15, 0.2) is 53.1 Å². The highest BCUT2D eigenvalue weighted by molar-refractivity contribution is 9.10. The van der Waals surface area contributed by atoms with Crippen LogP contribution in [-0.2, 0) is 11.2 Å². The molecule has 4 heteroatoms. The second-order valence-corrected chi connectivity index (χ2v) is 5.16. The summed E-state index contributed by atoms with van der Waals surface area (Å²) in [5, 5.41) is 2.78. The van der Waals surface area contributed by atoms with Crippen molar-refractivity contribution in [2.75, 3.05) is 5.32 Å². The molecule has 98 valence electrons. The number of aryl methyl sites for hydroxylation is 1. The first kappa shape index (κ1) is 13.7. The van der Waals surface area contributed by atoms with Crippen molar-refractivity contribution in [2.24, 2.45) is 0 Å². The highest BCUT2D eigenvalue weighted by atomic mass is 79.9. The van der Waals surface area contributed by atoms with Gasteiger partial charge in [-0.15, -0.1) is 0 Å². The Balaban J connectivity index is 1.74. The van der Waals surface area contributed by atoms with Crippen molar-refractivity contribution < 1.29 is 4.79 Å². The summed E-state index contributed by atoms with van der Waals surface area (Å²) >= 11 is 3.30. The third-order valence-electron chi connectivity index (χ3n) is 2.71. The maximum Gasteiger partial charge on any atom is 0.225 e.